The van der Waals surface area contributed by atoms with E-state index in [2.05, 4.69) is 195 Å². The van der Waals surface area contributed by atoms with Crippen LogP contribution in [0.4, 0.5) is 0 Å². The van der Waals surface area contributed by atoms with E-state index in [4.69, 9.17) is 0 Å². The second kappa shape index (κ2) is 36.8. The number of aryl methyl sites for hydroxylation is 8. The molecule has 0 spiro atoms. The molecule has 4 aromatic carbocycles. The van der Waals surface area contributed by atoms with E-state index < -0.39 is 10.8 Å². The summed E-state index contributed by atoms with van der Waals surface area (Å²) < 4.78 is 5.61. The summed E-state index contributed by atoms with van der Waals surface area (Å²) in [4.78, 5) is 6.04. The average Bonchev–Trinajstić information content (AvgIpc) is 1.49. The van der Waals surface area contributed by atoms with Crippen LogP contribution in [0.1, 0.15) is 350 Å². The third-order valence-electron chi connectivity index (χ3n) is 21.4. The molecule has 2 aliphatic rings. The van der Waals surface area contributed by atoms with Crippen LogP contribution in [-0.4, -0.2) is 0 Å². The van der Waals surface area contributed by atoms with E-state index in [0.717, 1.165) is 51.4 Å². The van der Waals surface area contributed by atoms with Gasteiger partial charge in [0.2, 0.25) is 0 Å². The van der Waals surface area contributed by atoms with Gasteiger partial charge in [-0.3, -0.25) is 0 Å². The number of benzene rings is 4. The zero-order valence-electron chi connectivity index (χ0n) is 59.8. The van der Waals surface area contributed by atoms with E-state index in [1.165, 1.54) is 266 Å². The fourth-order valence-electron chi connectivity index (χ4n) is 16.5. The smallest absolute Gasteiger partial charge is 0.0745 e. The molecule has 2 aliphatic carbocycles. The topological polar surface area (TPSA) is 0 Å². The Morgan fingerprint density at radius 3 is 0.628 bits per heavy atom. The molecule has 6 heteroatoms. The number of rotatable bonds is 44. The molecule has 0 radical (unpaired) electrons. The molecule has 0 amide bonds. The lowest BCUT2D eigenvalue weighted by atomic mass is 9.66. The van der Waals surface area contributed by atoms with Gasteiger partial charge in [-0.2, -0.15) is 0 Å². The van der Waals surface area contributed by atoms with E-state index >= 15 is 0 Å². The first-order valence-corrected chi connectivity index (χ1v) is 43.7. The highest BCUT2D eigenvalue weighted by Crippen LogP contribution is 2.71. The molecule has 4 aromatic heterocycles. The standard InChI is InChI=1S/C88H118Br2S4/c1-9-17-25-33-41-63-49-64(42-34-26-18-10-2)54-71(53-63)87(72-55-65(43-35-27-19-11-3)50-66(56-72)44-36-28-20-12-4)75-61-77(89)91-81(75)83-79(87)85-86(93-83)80-84(94-85)82-76(62-78(90)92-82)88(80,73-57-67(45-37-29-21-13-5)51-68(58-73)46-38-30-22-14-6)74-59-69(47-39-31-23-15-7)52-70(60-74)48-40-32-24-16-8/h49-62H,9-48H2,1-8H3. The maximum absolute atomic E-state index is 4.30. The highest BCUT2D eigenvalue weighted by molar-refractivity contribution is 9.11. The lowest BCUT2D eigenvalue weighted by molar-refractivity contribution is 0.656. The molecule has 8 aromatic rings. The lowest BCUT2D eigenvalue weighted by Crippen LogP contribution is -2.30. The van der Waals surface area contributed by atoms with Crippen molar-refractivity contribution in [3.63, 3.8) is 0 Å². The summed E-state index contributed by atoms with van der Waals surface area (Å²) in [7, 11) is 0. The minimum Gasteiger partial charge on any atom is -0.133 e. The predicted molar refractivity (Wildman–Crippen MR) is 428 cm³/mol. The van der Waals surface area contributed by atoms with Crippen molar-refractivity contribution in [1.29, 1.82) is 0 Å². The molecule has 0 N–H and O–H groups in total. The third kappa shape index (κ3) is 17.0. The summed E-state index contributed by atoms with van der Waals surface area (Å²) in [6.07, 6.45) is 50.0. The number of hydrogen-bond acceptors (Lipinski definition) is 4. The molecule has 508 valence electrons. The summed E-state index contributed by atoms with van der Waals surface area (Å²) >= 11 is 17.0. The van der Waals surface area contributed by atoms with E-state index in [1.54, 1.807) is 65.0 Å². The molecule has 0 aliphatic heterocycles. The molecule has 10 rings (SSSR count). The van der Waals surface area contributed by atoms with Crippen LogP contribution in [0.3, 0.4) is 0 Å². The second-order valence-corrected chi connectivity index (χ2v) is 35.9. The minimum atomic E-state index is -0.505. The molecule has 0 saturated carbocycles. The average molecular weight is 1460 g/mol. The van der Waals surface area contributed by atoms with Crippen molar-refractivity contribution in [2.45, 2.75) is 323 Å². The first kappa shape index (κ1) is 73.6. The van der Waals surface area contributed by atoms with Crippen LogP contribution in [0.2, 0.25) is 0 Å². The zero-order chi connectivity index (χ0) is 65.9. The van der Waals surface area contributed by atoms with Crippen LogP contribution in [0.5, 0.6) is 0 Å². The fourth-order valence-corrected chi connectivity index (χ4v) is 23.2. The Morgan fingerprint density at radius 1 is 0.234 bits per heavy atom. The van der Waals surface area contributed by atoms with E-state index in [-0.39, 0.29) is 0 Å². The van der Waals surface area contributed by atoms with Gasteiger partial charge in [0.05, 0.1) is 47.3 Å². The SMILES string of the molecule is CCCCCCc1cc(CCCCCC)cc(C2(c3cc(CCCCCC)cc(CCCCCC)c3)c3cc(Br)sc3-c3sc4c5c(sc4c32)-c2sc(Br)cc2C5(c2cc(CCCCCC)cc(CCCCCC)c2)c2cc(CCCCCC)cc(CCCCCC)c2)c1. The quantitative estimate of drug-likeness (QED) is 0.0334. The maximum Gasteiger partial charge on any atom is 0.0745 e. The van der Waals surface area contributed by atoms with Crippen LogP contribution < -0.4 is 0 Å². The Morgan fingerprint density at radius 2 is 0.436 bits per heavy atom. The molecule has 0 saturated heterocycles. The van der Waals surface area contributed by atoms with Gasteiger partial charge in [-0.15, -0.1) is 45.3 Å². The maximum atomic E-state index is 4.30. The number of unbranched alkanes of at least 4 members (excludes halogenated alkanes) is 24. The molecule has 0 unspecified atom stereocenters. The zero-order valence-corrected chi connectivity index (χ0v) is 66.2. The fraction of sp³-hybridized carbons (Fsp3) is 0.568. The Bertz CT molecular complexity index is 3150. The van der Waals surface area contributed by atoms with Crippen LogP contribution in [-0.2, 0) is 62.2 Å². The Kier molecular flexibility index (Phi) is 28.8. The number of halogens is 2. The van der Waals surface area contributed by atoms with Crippen molar-refractivity contribution in [3.05, 3.63) is 182 Å². The van der Waals surface area contributed by atoms with E-state index in [9.17, 15) is 0 Å². The Labute approximate surface area is 605 Å². The van der Waals surface area contributed by atoms with Gasteiger partial charge in [0.1, 0.15) is 0 Å². The summed E-state index contributed by atoms with van der Waals surface area (Å²) in [6, 6.07) is 38.1. The van der Waals surface area contributed by atoms with Gasteiger partial charge in [0, 0.05) is 11.1 Å². The van der Waals surface area contributed by atoms with Gasteiger partial charge in [0.25, 0.3) is 0 Å². The molecule has 0 nitrogen and oxygen atoms in total. The molecule has 0 bridgehead atoms. The Balaban J connectivity index is 1.33. The van der Waals surface area contributed by atoms with Gasteiger partial charge >= 0.3 is 0 Å². The molecule has 4 heterocycles. The van der Waals surface area contributed by atoms with Gasteiger partial charge in [-0.25, -0.2) is 0 Å². The number of fused-ring (bicyclic) bond motifs is 9. The predicted octanol–water partition coefficient (Wildman–Crippen LogP) is 30.3. The molecule has 0 fully saturated rings. The summed E-state index contributed by atoms with van der Waals surface area (Å²) in [5.41, 5.74) is 23.6. The summed E-state index contributed by atoms with van der Waals surface area (Å²) in [6.45, 7) is 18.9. The van der Waals surface area contributed by atoms with E-state index in [1.807, 2.05) is 22.7 Å². The van der Waals surface area contributed by atoms with Crippen molar-refractivity contribution in [2.75, 3.05) is 0 Å². The highest BCUT2D eigenvalue weighted by atomic mass is 79.9. The normalized spacial score (nSPS) is 13.6. The summed E-state index contributed by atoms with van der Waals surface area (Å²) in [5.74, 6) is 0. The monoisotopic (exact) mass is 1460 g/mol. The van der Waals surface area contributed by atoms with Crippen LogP contribution >= 0.6 is 77.2 Å². The van der Waals surface area contributed by atoms with Crippen molar-refractivity contribution < 1.29 is 0 Å². The molecule has 94 heavy (non-hydrogen) atoms. The van der Waals surface area contributed by atoms with Gasteiger partial charge in [-0.05, 0) is 225 Å². The number of thiophene rings is 4. The van der Waals surface area contributed by atoms with Crippen molar-refractivity contribution in [2.24, 2.45) is 0 Å². The highest BCUT2D eigenvalue weighted by Gasteiger charge is 2.55. The minimum absolute atomic E-state index is 0.505. The van der Waals surface area contributed by atoms with Gasteiger partial charge in [0.15, 0.2) is 0 Å². The van der Waals surface area contributed by atoms with Crippen LogP contribution in [0.15, 0.2) is 92.5 Å². The van der Waals surface area contributed by atoms with Crippen LogP contribution in [0, 0.1) is 0 Å². The molecular weight excluding hydrogens is 1350 g/mol. The van der Waals surface area contributed by atoms with Crippen LogP contribution in [0.25, 0.3) is 28.9 Å². The van der Waals surface area contributed by atoms with Crippen molar-refractivity contribution >= 4 is 86.6 Å². The largest absolute Gasteiger partial charge is 0.133 e. The molecule has 0 atom stereocenters. The van der Waals surface area contributed by atoms with Crippen molar-refractivity contribution in [1.82, 2.24) is 0 Å². The first-order valence-electron chi connectivity index (χ1n) is 38.8. The number of hydrogen-bond donors (Lipinski definition) is 0. The summed E-state index contributed by atoms with van der Waals surface area (Å²) in [5, 5.41) is 0. The lowest BCUT2D eigenvalue weighted by Gasteiger charge is -2.35. The van der Waals surface area contributed by atoms with Gasteiger partial charge < -0.3 is 0 Å². The second-order valence-electron chi connectivity index (χ2n) is 29.0. The first-order chi connectivity index (χ1) is 46.1. The van der Waals surface area contributed by atoms with Crippen molar-refractivity contribution in [3.8, 4) is 19.5 Å². The Hall–Kier alpha value is -3.10. The van der Waals surface area contributed by atoms with Gasteiger partial charge in [-0.1, -0.05) is 282 Å². The molecular formula is C88H118Br2S4. The third-order valence-corrected chi connectivity index (χ3v) is 27.5. The van der Waals surface area contributed by atoms with E-state index in [0.29, 0.717) is 0 Å².